The Morgan fingerprint density at radius 3 is 2.17 bits per heavy atom. The third-order valence-corrected chi connectivity index (χ3v) is 13.8. The number of alkyl carbamates (subject to hydrolysis) is 1. The van der Waals surface area contributed by atoms with Crippen LogP contribution in [-0.2, 0) is 47.6 Å². The lowest BCUT2D eigenvalue weighted by Crippen LogP contribution is -2.78. The van der Waals surface area contributed by atoms with E-state index in [4.69, 9.17) is 28.4 Å². The van der Waals surface area contributed by atoms with Gasteiger partial charge in [0, 0.05) is 31.6 Å². The van der Waals surface area contributed by atoms with Crippen LogP contribution in [0.15, 0.2) is 41.7 Å². The number of fused-ring (bicyclic) bond motifs is 5. The van der Waals surface area contributed by atoms with Crippen LogP contribution < -0.4 is 5.32 Å². The number of amides is 1. The number of Topliss-reactive ketones (excluding diaryl/α,β-unsaturated/α-hetero) is 1. The number of allylic oxidation sites excluding steroid dienone is 1. The van der Waals surface area contributed by atoms with Crippen LogP contribution in [0.1, 0.15) is 112 Å². The van der Waals surface area contributed by atoms with Gasteiger partial charge in [-0.25, -0.2) is 14.4 Å². The molecule has 0 aromatic heterocycles. The van der Waals surface area contributed by atoms with E-state index in [0.29, 0.717) is 6.42 Å². The molecule has 2 unspecified atom stereocenters. The second kappa shape index (κ2) is 15.8. The molecule has 1 saturated heterocycles. The van der Waals surface area contributed by atoms with Crippen LogP contribution in [0.3, 0.4) is 0 Å². The van der Waals surface area contributed by atoms with Gasteiger partial charge in [0.2, 0.25) is 5.78 Å². The molecule has 1 heterocycles. The van der Waals surface area contributed by atoms with Gasteiger partial charge in [0.1, 0.15) is 23.9 Å². The number of nitrogens with one attached hydrogen (secondary N) is 1. The largest absolute Gasteiger partial charge is 0.460 e. The summed E-state index contributed by atoms with van der Waals surface area (Å²) in [6.07, 6.45) is -7.06. The predicted molar refractivity (Wildman–Crippen MR) is 213 cm³/mol. The van der Waals surface area contributed by atoms with Gasteiger partial charge in [-0.05, 0) is 75.0 Å². The molecule has 1 aromatic rings. The molecule has 2 bridgehead atoms. The van der Waals surface area contributed by atoms with Crippen LogP contribution in [-0.4, -0.2) is 100 Å². The number of hydrogen-bond donors (Lipinski definition) is 3. The van der Waals surface area contributed by atoms with E-state index in [9.17, 15) is 34.2 Å². The van der Waals surface area contributed by atoms with Crippen LogP contribution in [0.5, 0.6) is 0 Å². The quantitative estimate of drug-likeness (QED) is 0.210. The summed E-state index contributed by atoms with van der Waals surface area (Å²) < 4.78 is 36.3. The van der Waals surface area contributed by atoms with Gasteiger partial charge in [-0.2, -0.15) is 0 Å². The monoisotopic (exact) mass is 839 g/mol. The maximum Gasteiger partial charge on any atom is 0.407 e. The zero-order chi connectivity index (χ0) is 44.5. The number of rotatable bonds is 10. The summed E-state index contributed by atoms with van der Waals surface area (Å²) in [6.45, 7) is 18.4. The number of carbonyl (C=O) groups is 6. The van der Waals surface area contributed by atoms with Crippen LogP contribution in [0.25, 0.3) is 0 Å². The van der Waals surface area contributed by atoms with Crippen molar-refractivity contribution in [3.8, 4) is 0 Å². The standard InChI is InChI=1S/C45H61NO14/c1-12-30(49)57-35-31-22(2)27(56-39(53)33(50)32(26-20-42(26,7)8)46-40(54)60-41(4,5)6)18-25(43(31,9)10)34(58-38(52)24-16-14-13-15-17-24)36-44(11,37(35)51)28(48)19-29-45(36,21-55-29)59-23(3)47/h13-17,22,25-29,32-34,36,48,50H,12,18-21H2,1-11H3,(H,46,54)/t22?,25?,26-,27+,28+,29-,32+,33-,34-,36+,44-,45+/m1/s1. The van der Waals surface area contributed by atoms with Gasteiger partial charge < -0.3 is 44.0 Å². The number of ketones is 1. The highest BCUT2D eigenvalue weighted by Crippen LogP contribution is 2.64. The lowest BCUT2D eigenvalue weighted by atomic mass is 9.46. The van der Waals surface area contributed by atoms with E-state index in [1.165, 1.54) is 13.8 Å². The number of benzene rings is 1. The van der Waals surface area contributed by atoms with Crippen molar-refractivity contribution < 1.29 is 67.4 Å². The Bertz CT molecular complexity index is 1930. The summed E-state index contributed by atoms with van der Waals surface area (Å²) in [5.74, 6) is -7.62. The van der Waals surface area contributed by atoms with Crippen molar-refractivity contribution in [2.24, 2.45) is 39.9 Å². The summed E-state index contributed by atoms with van der Waals surface area (Å²) in [5.41, 5.74) is -5.29. The van der Waals surface area contributed by atoms with Crippen LogP contribution >= 0.6 is 0 Å². The Labute approximate surface area is 351 Å². The van der Waals surface area contributed by atoms with E-state index in [-0.39, 0.29) is 54.1 Å². The lowest BCUT2D eigenvalue weighted by molar-refractivity contribution is -0.334. The van der Waals surface area contributed by atoms with Gasteiger partial charge in [0.05, 0.1) is 35.6 Å². The Hall–Kier alpha value is -4.34. The maximum atomic E-state index is 15.5. The number of esters is 4. The molecule has 60 heavy (non-hydrogen) atoms. The molecule has 4 aliphatic carbocycles. The predicted octanol–water partition coefficient (Wildman–Crippen LogP) is 4.98. The van der Waals surface area contributed by atoms with Crippen molar-refractivity contribution in [2.75, 3.05) is 6.61 Å². The molecule has 1 aliphatic heterocycles. The molecule has 0 radical (unpaired) electrons. The van der Waals surface area contributed by atoms with Gasteiger partial charge in [-0.15, -0.1) is 0 Å². The van der Waals surface area contributed by atoms with Crippen LogP contribution in [0, 0.1) is 39.9 Å². The van der Waals surface area contributed by atoms with Crippen molar-refractivity contribution in [3.05, 3.63) is 47.2 Å². The highest BCUT2D eigenvalue weighted by molar-refractivity contribution is 6.02. The third-order valence-electron chi connectivity index (χ3n) is 13.8. The summed E-state index contributed by atoms with van der Waals surface area (Å²) in [5, 5.41) is 26.5. The van der Waals surface area contributed by atoms with Gasteiger partial charge in [0.15, 0.2) is 17.5 Å². The second-order valence-corrected chi connectivity index (χ2v) is 19.7. The van der Waals surface area contributed by atoms with Crippen molar-refractivity contribution in [3.63, 3.8) is 0 Å². The van der Waals surface area contributed by atoms with E-state index in [0.717, 1.165) is 0 Å². The maximum absolute atomic E-state index is 15.5. The minimum absolute atomic E-state index is 0.0184. The molecule has 0 spiro atoms. The van der Waals surface area contributed by atoms with E-state index in [1.54, 1.807) is 65.0 Å². The van der Waals surface area contributed by atoms with Crippen LogP contribution in [0.4, 0.5) is 4.79 Å². The molecule has 15 nitrogen and oxygen atoms in total. The minimum Gasteiger partial charge on any atom is -0.460 e. The molecule has 6 rings (SSSR count). The highest BCUT2D eigenvalue weighted by Gasteiger charge is 2.75. The first-order valence-corrected chi connectivity index (χ1v) is 20.9. The molecule has 5 aliphatic rings. The molecule has 3 saturated carbocycles. The fourth-order valence-corrected chi connectivity index (χ4v) is 10.5. The number of ether oxygens (including phenoxy) is 6. The molecule has 4 fully saturated rings. The fraction of sp³-hybridized carbons (Fsp3) is 0.689. The molecular formula is C45H61NO14. The third kappa shape index (κ3) is 7.97. The average Bonchev–Trinajstić information content (AvgIpc) is 3.79. The van der Waals surface area contributed by atoms with Gasteiger partial charge >= 0.3 is 30.0 Å². The lowest BCUT2D eigenvalue weighted by Gasteiger charge is -2.65. The zero-order valence-electron chi connectivity index (χ0n) is 36.5. The highest BCUT2D eigenvalue weighted by atomic mass is 16.6. The summed E-state index contributed by atoms with van der Waals surface area (Å²) >= 11 is 0. The average molecular weight is 840 g/mol. The summed E-state index contributed by atoms with van der Waals surface area (Å²) in [6, 6.07) is 7.13. The minimum atomic E-state index is -1.88. The summed E-state index contributed by atoms with van der Waals surface area (Å²) in [4.78, 5) is 83.2. The van der Waals surface area contributed by atoms with E-state index in [2.05, 4.69) is 5.32 Å². The summed E-state index contributed by atoms with van der Waals surface area (Å²) in [7, 11) is 0. The molecule has 15 heteroatoms. The van der Waals surface area contributed by atoms with Crippen LogP contribution in [0.2, 0.25) is 0 Å². The first-order valence-electron chi connectivity index (χ1n) is 20.9. The molecule has 1 aromatic carbocycles. The zero-order valence-corrected chi connectivity index (χ0v) is 36.5. The number of carbonyl (C=O) groups excluding carboxylic acids is 6. The van der Waals surface area contributed by atoms with Gasteiger partial charge in [-0.3, -0.25) is 14.4 Å². The molecule has 3 N–H and O–H groups in total. The Morgan fingerprint density at radius 2 is 1.63 bits per heavy atom. The molecule has 1 amide bonds. The Morgan fingerprint density at radius 1 is 1.00 bits per heavy atom. The molecule has 330 valence electrons. The first kappa shape index (κ1) is 45.2. The van der Waals surface area contributed by atoms with Crippen molar-refractivity contribution in [1.29, 1.82) is 0 Å². The van der Waals surface area contributed by atoms with Crippen molar-refractivity contribution >= 4 is 35.8 Å². The Balaban J connectivity index is 1.50. The Kier molecular flexibility index (Phi) is 11.9. The smallest absolute Gasteiger partial charge is 0.407 e. The molecular weight excluding hydrogens is 778 g/mol. The first-order chi connectivity index (χ1) is 27.8. The van der Waals surface area contributed by atoms with E-state index in [1.807, 2.05) is 27.7 Å². The van der Waals surface area contributed by atoms with Gasteiger partial charge in [-0.1, -0.05) is 59.7 Å². The SMILES string of the molecule is CCC(=O)OC1=C2C(C)[C@@H](OC(=O)[C@H](O)[C@@H](NC(=O)OC(C)(C)C)[C@H]3CC3(C)C)CC([C@@H](OC(=O)c3ccccc3)[C@@H]3[C@]4(OC(C)=O)CO[C@@H]4C[C@H](O)[C@@]3(C)C1=O)C2(C)C. The van der Waals surface area contributed by atoms with E-state index >= 15 is 4.79 Å². The molecule has 12 atom stereocenters. The number of aliphatic hydroxyl groups excluding tert-OH is 2. The van der Waals surface area contributed by atoms with E-state index < -0.39 is 112 Å². The fourth-order valence-electron chi connectivity index (χ4n) is 10.5. The number of hydrogen-bond acceptors (Lipinski definition) is 14. The van der Waals surface area contributed by atoms with Crippen molar-refractivity contribution in [1.82, 2.24) is 5.32 Å². The normalized spacial score (nSPS) is 34.7. The van der Waals surface area contributed by atoms with Gasteiger partial charge in [0.25, 0.3) is 0 Å². The topological polar surface area (TPSA) is 210 Å². The van der Waals surface area contributed by atoms with Crippen molar-refractivity contribution in [2.45, 2.75) is 150 Å². The second-order valence-electron chi connectivity index (χ2n) is 19.7. The number of aliphatic hydroxyl groups is 2.